The molecule has 2 aliphatic rings. The second-order valence-electron chi connectivity index (χ2n) is 4.63. The fourth-order valence-corrected chi connectivity index (χ4v) is 2.57. The maximum Gasteiger partial charge on any atom is 0.333 e. The van der Waals surface area contributed by atoms with Crippen molar-refractivity contribution in [2.24, 2.45) is 5.92 Å². The molecule has 0 heterocycles. The molecule has 0 aliphatic heterocycles. The van der Waals surface area contributed by atoms with Crippen LogP contribution in [0.5, 0.6) is 0 Å². The second-order valence-corrected chi connectivity index (χ2v) is 4.63. The molecule has 0 aromatic carbocycles. The minimum atomic E-state index is -0.250. The lowest BCUT2D eigenvalue weighted by Crippen LogP contribution is -2.30. The minimum absolute atomic E-state index is 0.224. The first-order valence-electron chi connectivity index (χ1n) is 5.09. The van der Waals surface area contributed by atoms with Gasteiger partial charge in [0.05, 0.1) is 0 Å². The Balaban J connectivity index is 2.08. The third-order valence-electron chi connectivity index (χ3n) is 3.35. The Kier molecular flexibility index (Phi) is 2.02. The van der Waals surface area contributed by atoms with Crippen LogP contribution in [0.1, 0.15) is 32.6 Å². The van der Waals surface area contributed by atoms with Gasteiger partial charge in [-0.05, 0) is 32.1 Å². The van der Waals surface area contributed by atoms with Crippen LogP contribution in [0.15, 0.2) is 24.3 Å². The molecule has 2 heteroatoms. The van der Waals surface area contributed by atoms with Crippen molar-refractivity contribution < 1.29 is 9.53 Å². The molecule has 0 N–H and O–H groups in total. The predicted octanol–water partition coefficient (Wildman–Crippen LogP) is 2.60. The molecule has 2 saturated carbocycles. The average Bonchev–Trinajstić information content (AvgIpc) is 2.60. The standard InChI is InChI=1S/C12H16O2/c1-8(2)11(13)14-12-5-4-10(7-12)9(3)6-12/h10H,1,3-7H2,2H3. The summed E-state index contributed by atoms with van der Waals surface area (Å²) in [4.78, 5) is 11.4. The van der Waals surface area contributed by atoms with Crippen molar-refractivity contribution in [3.05, 3.63) is 24.3 Å². The normalized spacial score (nSPS) is 34.6. The van der Waals surface area contributed by atoms with Gasteiger partial charge in [-0.3, -0.25) is 0 Å². The SMILES string of the molecule is C=C(C)C(=O)OC12CCC(C1)C(=C)C2. The molecule has 2 unspecified atom stereocenters. The number of hydrogen-bond donors (Lipinski definition) is 0. The summed E-state index contributed by atoms with van der Waals surface area (Å²) in [5, 5.41) is 0. The predicted molar refractivity (Wildman–Crippen MR) is 54.7 cm³/mol. The van der Waals surface area contributed by atoms with Crippen molar-refractivity contribution in [1.29, 1.82) is 0 Å². The lowest BCUT2D eigenvalue weighted by Gasteiger charge is -2.27. The number of fused-ring (bicyclic) bond motifs is 2. The topological polar surface area (TPSA) is 26.3 Å². The van der Waals surface area contributed by atoms with Gasteiger partial charge in [-0.25, -0.2) is 4.79 Å². The first kappa shape index (κ1) is 9.50. The summed E-state index contributed by atoms with van der Waals surface area (Å²) in [6.07, 6.45) is 3.96. The van der Waals surface area contributed by atoms with Gasteiger partial charge in [0.15, 0.2) is 0 Å². The summed E-state index contributed by atoms with van der Waals surface area (Å²) in [5.41, 5.74) is 1.52. The van der Waals surface area contributed by atoms with Crippen LogP contribution in [-0.4, -0.2) is 11.6 Å². The second kappa shape index (κ2) is 2.97. The Bertz CT molecular complexity index is 316. The molecule has 0 aromatic heterocycles. The van der Waals surface area contributed by atoms with E-state index >= 15 is 0 Å². The van der Waals surface area contributed by atoms with Gasteiger partial charge in [-0.2, -0.15) is 0 Å². The van der Waals surface area contributed by atoms with E-state index in [2.05, 4.69) is 13.2 Å². The quantitative estimate of drug-likeness (QED) is 0.382. The molecule has 2 atom stereocenters. The summed E-state index contributed by atoms with van der Waals surface area (Å²) in [6.45, 7) is 9.31. The minimum Gasteiger partial charge on any atom is -0.455 e. The highest BCUT2D eigenvalue weighted by Crippen LogP contribution is 2.52. The fraction of sp³-hybridized carbons (Fsp3) is 0.583. The highest BCUT2D eigenvalue weighted by molar-refractivity contribution is 5.87. The average molecular weight is 192 g/mol. The summed E-state index contributed by atoms with van der Waals surface area (Å²) in [6, 6.07) is 0. The van der Waals surface area contributed by atoms with Crippen LogP contribution in [0.25, 0.3) is 0 Å². The smallest absolute Gasteiger partial charge is 0.333 e. The zero-order valence-electron chi connectivity index (χ0n) is 8.64. The highest BCUT2D eigenvalue weighted by atomic mass is 16.6. The summed E-state index contributed by atoms with van der Waals surface area (Å²) < 4.78 is 5.52. The lowest BCUT2D eigenvalue weighted by atomic mass is 9.93. The molecular weight excluding hydrogens is 176 g/mol. The third-order valence-corrected chi connectivity index (χ3v) is 3.35. The van der Waals surface area contributed by atoms with E-state index < -0.39 is 0 Å². The van der Waals surface area contributed by atoms with E-state index in [9.17, 15) is 4.79 Å². The van der Waals surface area contributed by atoms with E-state index in [-0.39, 0.29) is 11.6 Å². The van der Waals surface area contributed by atoms with E-state index in [1.807, 2.05) is 0 Å². The van der Waals surface area contributed by atoms with Crippen LogP contribution in [-0.2, 0) is 9.53 Å². The van der Waals surface area contributed by atoms with E-state index in [1.165, 1.54) is 5.57 Å². The molecule has 2 fully saturated rings. The first-order chi connectivity index (χ1) is 6.52. The van der Waals surface area contributed by atoms with Crippen LogP contribution in [0.4, 0.5) is 0 Å². The van der Waals surface area contributed by atoms with Gasteiger partial charge in [0.2, 0.25) is 0 Å². The van der Waals surface area contributed by atoms with Crippen molar-refractivity contribution in [3.63, 3.8) is 0 Å². The molecule has 76 valence electrons. The van der Waals surface area contributed by atoms with Crippen molar-refractivity contribution >= 4 is 5.97 Å². The van der Waals surface area contributed by atoms with E-state index in [0.717, 1.165) is 25.7 Å². The molecule has 2 nitrogen and oxygen atoms in total. The zero-order valence-corrected chi connectivity index (χ0v) is 8.64. The Morgan fingerprint density at radius 1 is 1.64 bits per heavy atom. The number of carbonyl (C=O) groups excluding carboxylic acids is 1. The monoisotopic (exact) mass is 192 g/mol. The Morgan fingerprint density at radius 2 is 2.36 bits per heavy atom. The number of carbonyl (C=O) groups is 1. The van der Waals surface area contributed by atoms with Crippen LogP contribution in [0.2, 0.25) is 0 Å². The van der Waals surface area contributed by atoms with Gasteiger partial charge in [0, 0.05) is 12.0 Å². The fourth-order valence-electron chi connectivity index (χ4n) is 2.57. The Morgan fingerprint density at radius 3 is 2.79 bits per heavy atom. The molecule has 0 spiro atoms. The van der Waals surface area contributed by atoms with Gasteiger partial charge >= 0.3 is 5.97 Å². The van der Waals surface area contributed by atoms with Gasteiger partial charge in [0.25, 0.3) is 0 Å². The molecule has 0 aromatic rings. The van der Waals surface area contributed by atoms with Gasteiger partial charge < -0.3 is 4.74 Å². The third kappa shape index (κ3) is 1.39. The van der Waals surface area contributed by atoms with Crippen LogP contribution in [0.3, 0.4) is 0 Å². The number of hydrogen-bond acceptors (Lipinski definition) is 2. The van der Waals surface area contributed by atoms with Crippen LogP contribution >= 0.6 is 0 Å². The van der Waals surface area contributed by atoms with Crippen molar-refractivity contribution in [2.75, 3.05) is 0 Å². The molecule has 0 amide bonds. The zero-order chi connectivity index (χ0) is 10.3. The lowest BCUT2D eigenvalue weighted by molar-refractivity contribution is -0.153. The van der Waals surface area contributed by atoms with Gasteiger partial charge in [-0.1, -0.05) is 18.7 Å². The molecule has 0 saturated heterocycles. The van der Waals surface area contributed by atoms with Gasteiger partial charge in [0.1, 0.15) is 5.60 Å². The van der Waals surface area contributed by atoms with Gasteiger partial charge in [-0.15, -0.1) is 0 Å². The molecule has 2 rings (SSSR count). The van der Waals surface area contributed by atoms with Crippen LogP contribution < -0.4 is 0 Å². The molecular formula is C12H16O2. The Labute approximate surface area is 84.6 Å². The molecule has 0 radical (unpaired) electrons. The van der Waals surface area contributed by atoms with Crippen molar-refractivity contribution in [1.82, 2.24) is 0 Å². The van der Waals surface area contributed by atoms with Crippen LogP contribution in [0, 0.1) is 5.92 Å². The largest absolute Gasteiger partial charge is 0.455 e. The molecule has 14 heavy (non-hydrogen) atoms. The summed E-state index contributed by atoms with van der Waals surface area (Å²) in [5.74, 6) is 0.341. The maximum absolute atomic E-state index is 11.4. The van der Waals surface area contributed by atoms with E-state index in [1.54, 1.807) is 6.92 Å². The maximum atomic E-state index is 11.4. The first-order valence-corrected chi connectivity index (χ1v) is 5.09. The molecule has 2 bridgehead atoms. The number of ether oxygens (including phenoxy) is 1. The van der Waals surface area contributed by atoms with E-state index in [0.29, 0.717) is 11.5 Å². The van der Waals surface area contributed by atoms with Crippen molar-refractivity contribution in [3.8, 4) is 0 Å². The summed E-state index contributed by atoms with van der Waals surface area (Å²) >= 11 is 0. The Hall–Kier alpha value is -1.05. The molecule has 2 aliphatic carbocycles. The number of rotatable bonds is 2. The highest BCUT2D eigenvalue weighted by Gasteiger charge is 2.49. The number of esters is 1. The van der Waals surface area contributed by atoms with Crippen molar-refractivity contribution in [2.45, 2.75) is 38.2 Å². The van der Waals surface area contributed by atoms with E-state index in [4.69, 9.17) is 4.74 Å². The summed E-state index contributed by atoms with van der Waals surface area (Å²) in [7, 11) is 0.